The number of rotatable bonds is 4. The first-order valence-corrected chi connectivity index (χ1v) is 9.02. The van der Waals surface area contributed by atoms with E-state index in [1.807, 2.05) is 65.6 Å². The second kappa shape index (κ2) is 7.52. The number of amides is 1. The van der Waals surface area contributed by atoms with Gasteiger partial charge in [-0.1, -0.05) is 36.4 Å². The molecule has 0 bridgehead atoms. The highest BCUT2D eigenvalue weighted by atomic mass is 16.4. The highest BCUT2D eigenvalue weighted by Crippen LogP contribution is 2.24. The van der Waals surface area contributed by atoms with Crippen LogP contribution in [-0.4, -0.2) is 34.1 Å². The number of nitrogens with zero attached hydrogens (tertiary/aromatic N) is 3. The van der Waals surface area contributed by atoms with E-state index < -0.39 is 0 Å². The van der Waals surface area contributed by atoms with Crippen molar-refractivity contribution in [2.75, 3.05) is 13.1 Å². The summed E-state index contributed by atoms with van der Waals surface area (Å²) in [6.07, 6.45) is 2.69. The number of hydrogen-bond acceptors (Lipinski definition) is 4. The van der Waals surface area contributed by atoms with Crippen molar-refractivity contribution < 1.29 is 9.21 Å². The second-order valence-corrected chi connectivity index (χ2v) is 6.67. The summed E-state index contributed by atoms with van der Waals surface area (Å²) in [7, 11) is 0. The van der Waals surface area contributed by atoms with E-state index in [-0.39, 0.29) is 5.91 Å². The van der Waals surface area contributed by atoms with E-state index in [9.17, 15) is 4.79 Å². The zero-order valence-corrected chi connectivity index (χ0v) is 14.5. The van der Waals surface area contributed by atoms with Crippen molar-refractivity contribution in [2.45, 2.75) is 19.3 Å². The minimum absolute atomic E-state index is 0.119. The Balaban J connectivity index is 1.33. The quantitative estimate of drug-likeness (QED) is 0.720. The molecule has 1 aliphatic rings. The van der Waals surface area contributed by atoms with Gasteiger partial charge in [-0.05, 0) is 43.0 Å². The van der Waals surface area contributed by atoms with E-state index in [1.165, 1.54) is 0 Å². The van der Waals surface area contributed by atoms with Gasteiger partial charge in [0.1, 0.15) is 0 Å². The van der Waals surface area contributed by atoms with Crippen LogP contribution >= 0.6 is 0 Å². The number of carbonyl (C=O) groups is 1. The Morgan fingerprint density at radius 3 is 2.31 bits per heavy atom. The third-order valence-electron chi connectivity index (χ3n) is 4.87. The molecule has 3 aromatic rings. The molecule has 4 rings (SSSR count). The van der Waals surface area contributed by atoms with Crippen LogP contribution in [-0.2, 0) is 6.42 Å². The Morgan fingerprint density at radius 1 is 0.962 bits per heavy atom. The maximum Gasteiger partial charge on any atom is 0.253 e. The smallest absolute Gasteiger partial charge is 0.253 e. The van der Waals surface area contributed by atoms with Crippen molar-refractivity contribution in [2.24, 2.45) is 5.92 Å². The molecular weight excluding hydrogens is 326 g/mol. The SMILES string of the molecule is O=C(c1ccccc1)N1CCC(Cc2nnc(-c3ccccc3)o2)CC1. The number of piperidine rings is 1. The molecule has 0 aliphatic carbocycles. The van der Waals surface area contributed by atoms with Gasteiger partial charge in [-0.25, -0.2) is 0 Å². The molecule has 0 N–H and O–H groups in total. The molecular formula is C21H21N3O2. The summed E-state index contributed by atoms with van der Waals surface area (Å²) in [5, 5.41) is 8.34. The highest BCUT2D eigenvalue weighted by molar-refractivity contribution is 5.94. The molecule has 5 heteroatoms. The van der Waals surface area contributed by atoms with E-state index >= 15 is 0 Å². The highest BCUT2D eigenvalue weighted by Gasteiger charge is 2.25. The van der Waals surface area contributed by atoms with Gasteiger partial charge in [-0.15, -0.1) is 10.2 Å². The Kier molecular flexibility index (Phi) is 4.78. The lowest BCUT2D eigenvalue weighted by molar-refractivity contribution is 0.0688. The number of benzene rings is 2. The summed E-state index contributed by atoms with van der Waals surface area (Å²) >= 11 is 0. The van der Waals surface area contributed by atoms with Crippen LogP contribution in [0.3, 0.4) is 0 Å². The van der Waals surface area contributed by atoms with Crippen LogP contribution in [0.1, 0.15) is 29.1 Å². The summed E-state index contributed by atoms with van der Waals surface area (Å²) in [6.45, 7) is 1.55. The largest absolute Gasteiger partial charge is 0.421 e. The first kappa shape index (κ1) is 16.5. The lowest BCUT2D eigenvalue weighted by Gasteiger charge is -2.31. The lowest BCUT2D eigenvalue weighted by atomic mass is 9.93. The molecule has 1 saturated heterocycles. The minimum Gasteiger partial charge on any atom is -0.421 e. The average Bonchev–Trinajstić information content (AvgIpc) is 3.18. The van der Waals surface area contributed by atoms with Crippen molar-refractivity contribution >= 4 is 5.91 Å². The summed E-state index contributed by atoms with van der Waals surface area (Å²) in [6, 6.07) is 19.3. The lowest BCUT2D eigenvalue weighted by Crippen LogP contribution is -2.38. The molecule has 0 atom stereocenters. The van der Waals surface area contributed by atoms with Crippen molar-refractivity contribution in [3.63, 3.8) is 0 Å². The number of likely N-dealkylation sites (tertiary alicyclic amines) is 1. The van der Waals surface area contributed by atoms with E-state index in [4.69, 9.17) is 4.42 Å². The zero-order valence-electron chi connectivity index (χ0n) is 14.5. The molecule has 132 valence electrons. The topological polar surface area (TPSA) is 59.2 Å². The standard InChI is InChI=1S/C21H21N3O2/c25-21(18-9-5-2-6-10-18)24-13-11-16(12-14-24)15-19-22-23-20(26-19)17-7-3-1-4-8-17/h1-10,16H,11-15H2. The van der Waals surface area contributed by atoms with E-state index in [2.05, 4.69) is 10.2 Å². The molecule has 1 fully saturated rings. The van der Waals surface area contributed by atoms with E-state index in [1.54, 1.807) is 0 Å². The van der Waals surface area contributed by atoms with Gasteiger partial charge in [0.05, 0.1) is 0 Å². The zero-order chi connectivity index (χ0) is 17.8. The third-order valence-corrected chi connectivity index (χ3v) is 4.87. The van der Waals surface area contributed by atoms with E-state index in [0.717, 1.165) is 43.5 Å². The Bertz CT molecular complexity index is 853. The number of carbonyl (C=O) groups excluding carboxylic acids is 1. The number of aromatic nitrogens is 2. The van der Waals surface area contributed by atoms with Crippen LogP contribution in [0, 0.1) is 5.92 Å². The van der Waals surface area contributed by atoms with Crippen LogP contribution in [0.5, 0.6) is 0 Å². The maximum atomic E-state index is 12.5. The maximum absolute atomic E-state index is 12.5. The summed E-state index contributed by atoms with van der Waals surface area (Å²) in [5.41, 5.74) is 1.70. The van der Waals surface area contributed by atoms with Gasteiger partial charge in [-0.3, -0.25) is 4.79 Å². The van der Waals surface area contributed by atoms with Crippen LogP contribution < -0.4 is 0 Å². The van der Waals surface area contributed by atoms with Crippen molar-refractivity contribution in [3.05, 3.63) is 72.1 Å². The van der Waals surface area contributed by atoms with Crippen molar-refractivity contribution in [3.8, 4) is 11.5 Å². The third kappa shape index (κ3) is 3.67. The van der Waals surface area contributed by atoms with Crippen LogP contribution in [0.2, 0.25) is 0 Å². The molecule has 2 heterocycles. The molecule has 1 aromatic heterocycles. The van der Waals surface area contributed by atoms with Crippen molar-refractivity contribution in [1.82, 2.24) is 15.1 Å². The van der Waals surface area contributed by atoms with Crippen LogP contribution in [0.4, 0.5) is 0 Å². The monoisotopic (exact) mass is 347 g/mol. The predicted molar refractivity (Wildman–Crippen MR) is 98.5 cm³/mol. The molecule has 0 saturated carbocycles. The Hall–Kier alpha value is -2.95. The predicted octanol–water partition coefficient (Wildman–Crippen LogP) is 3.83. The molecule has 5 nitrogen and oxygen atoms in total. The first-order chi connectivity index (χ1) is 12.8. The second-order valence-electron chi connectivity index (χ2n) is 6.67. The Morgan fingerprint density at radius 2 is 1.62 bits per heavy atom. The van der Waals surface area contributed by atoms with Gasteiger partial charge < -0.3 is 9.32 Å². The first-order valence-electron chi connectivity index (χ1n) is 9.02. The van der Waals surface area contributed by atoms with Gasteiger partial charge in [-0.2, -0.15) is 0 Å². The molecule has 26 heavy (non-hydrogen) atoms. The van der Waals surface area contributed by atoms with Crippen molar-refractivity contribution in [1.29, 1.82) is 0 Å². The van der Waals surface area contributed by atoms with Gasteiger partial charge >= 0.3 is 0 Å². The molecule has 1 amide bonds. The summed E-state index contributed by atoms with van der Waals surface area (Å²) < 4.78 is 5.81. The van der Waals surface area contributed by atoms with E-state index in [0.29, 0.717) is 17.7 Å². The molecule has 0 unspecified atom stereocenters. The summed E-state index contributed by atoms with van der Waals surface area (Å²) in [4.78, 5) is 14.4. The molecule has 1 aliphatic heterocycles. The van der Waals surface area contributed by atoms with Gasteiger partial charge in [0.15, 0.2) is 0 Å². The van der Waals surface area contributed by atoms with Gasteiger partial charge in [0.25, 0.3) is 5.91 Å². The fourth-order valence-electron chi connectivity index (χ4n) is 3.38. The molecule has 2 aromatic carbocycles. The molecule has 0 spiro atoms. The number of hydrogen-bond donors (Lipinski definition) is 0. The van der Waals surface area contributed by atoms with Crippen LogP contribution in [0.25, 0.3) is 11.5 Å². The minimum atomic E-state index is 0.119. The fourth-order valence-corrected chi connectivity index (χ4v) is 3.38. The molecule has 0 radical (unpaired) electrons. The average molecular weight is 347 g/mol. The Labute approximate surface area is 152 Å². The summed E-state index contributed by atoms with van der Waals surface area (Å²) in [5.74, 6) is 1.83. The van der Waals surface area contributed by atoms with Crippen LogP contribution in [0.15, 0.2) is 65.1 Å². The fraction of sp³-hybridized carbons (Fsp3) is 0.286. The van der Waals surface area contributed by atoms with Gasteiger partial charge in [0.2, 0.25) is 11.8 Å². The van der Waals surface area contributed by atoms with Gasteiger partial charge in [0, 0.05) is 30.6 Å². The normalized spacial score (nSPS) is 15.2.